The van der Waals surface area contributed by atoms with Gasteiger partial charge in [0.2, 0.25) is 5.91 Å². The van der Waals surface area contributed by atoms with Crippen LogP contribution >= 0.6 is 24.0 Å². The van der Waals surface area contributed by atoms with E-state index in [-0.39, 0.29) is 37.1 Å². The lowest BCUT2D eigenvalue weighted by Crippen LogP contribution is -2.45. The summed E-state index contributed by atoms with van der Waals surface area (Å²) in [5.74, 6) is 0.329. The van der Waals surface area contributed by atoms with Crippen molar-refractivity contribution in [2.75, 3.05) is 46.5 Å². The second kappa shape index (κ2) is 15.1. The molecule has 1 rings (SSSR count). The minimum Gasteiger partial charge on any atom is -0.491 e. The van der Waals surface area contributed by atoms with Crippen molar-refractivity contribution < 1.29 is 27.4 Å². The molecule has 0 aromatic heterocycles. The molecule has 1 aromatic rings. The summed E-state index contributed by atoms with van der Waals surface area (Å²) in [6.07, 6.45) is -4.44. The van der Waals surface area contributed by atoms with Crippen molar-refractivity contribution in [3.8, 4) is 5.75 Å². The van der Waals surface area contributed by atoms with Gasteiger partial charge in [0.15, 0.2) is 5.96 Å². The summed E-state index contributed by atoms with van der Waals surface area (Å²) < 4.78 is 48.3. The molecule has 0 atom stereocenters. The monoisotopic (exact) mass is 560 g/mol. The fourth-order valence-electron chi connectivity index (χ4n) is 2.44. The van der Waals surface area contributed by atoms with Gasteiger partial charge in [-0.15, -0.1) is 24.0 Å². The van der Waals surface area contributed by atoms with Gasteiger partial charge in [0.05, 0.1) is 19.7 Å². The lowest BCUT2D eigenvalue weighted by molar-refractivity contribution is -0.157. The maximum Gasteiger partial charge on any atom is 0.406 e. The summed E-state index contributed by atoms with van der Waals surface area (Å²) in [6.45, 7) is 6.42. The molecule has 0 spiro atoms. The number of benzene rings is 1. The summed E-state index contributed by atoms with van der Waals surface area (Å²) in [4.78, 5) is 17.0. The van der Waals surface area contributed by atoms with E-state index in [9.17, 15) is 18.0 Å². The number of amides is 1. The van der Waals surface area contributed by atoms with Crippen LogP contribution in [0.2, 0.25) is 0 Å². The van der Waals surface area contributed by atoms with Crippen LogP contribution in [0.5, 0.6) is 5.75 Å². The Kier molecular flexibility index (Phi) is 14.3. The Hall–Kier alpha value is -1.76. The first-order chi connectivity index (χ1) is 14.2. The van der Waals surface area contributed by atoms with Gasteiger partial charge in [0, 0.05) is 25.8 Å². The zero-order valence-corrected chi connectivity index (χ0v) is 20.7. The number of carbonyl (C=O) groups is 1. The molecule has 0 radical (unpaired) electrons. The fraction of sp³-hybridized carbons (Fsp3) is 0.600. The third-order valence-electron chi connectivity index (χ3n) is 3.91. The van der Waals surface area contributed by atoms with Crippen molar-refractivity contribution in [2.24, 2.45) is 4.99 Å². The maximum absolute atomic E-state index is 12.4. The van der Waals surface area contributed by atoms with Crippen LogP contribution in [0.1, 0.15) is 25.0 Å². The molecule has 31 heavy (non-hydrogen) atoms. The second-order valence-corrected chi connectivity index (χ2v) is 6.57. The van der Waals surface area contributed by atoms with E-state index < -0.39 is 18.6 Å². The number of hydrogen-bond acceptors (Lipinski definition) is 4. The minimum absolute atomic E-state index is 0. The molecule has 0 aliphatic carbocycles. The Morgan fingerprint density at radius 2 is 1.90 bits per heavy atom. The first-order valence-electron chi connectivity index (χ1n) is 9.79. The Balaban J connectivity index is 0.00000900. The normalized spacial score (nSPS) is 11.5. The highest BCUT2D eigenvalue weighted by atomic mass is 127. The Morgan fingerprint density at radius 1 is 1.19 bits per heavy atom. The molecular formula is C20H32F3IN4O3. The van der Waals surface area contributed by atoms with Crippen molar-refractivity contribution in [2.45, 2.75) is 33.5 Å². The van der Waals surface area contributed by atoms with Crippen LogP contribution in [0.25, 0.3) is 0 Å². The topological polar surface area (TPSA) is 75.2 Å². The van der Waals surface area contributed by atoms with Crippen molar-refractivity contribution in [3.05, 3.63) is 29.3 Å². The average Bonchev–Trinajstić information content (AvgIpc) is 2.66. The third-order valence-corrected chi connectivity index (χ3v) is 3.91. The SMILES string of the molecule is CCNC(=NCc1ccc(C)cc1OCCOCC)NCC(=O)N(C)CC(F)(F)F.I. The standard InChI is InChI=1S/C20H31F3N4O3.HI/c1-5-24-19(26-13-18(28)27(4)14-20(21,22)23)25-12-16-8-7-15(3)11-17(16)30-10-9-29-6-2;/h7-8,11H,5-6,9-10,12-14H2,1-4H3,(H2,24,25,26);1H. The van der Waals surface area contributed by atoms with Gasteiger partial charge < -0.3 is 25.0 Å². The Morgan fingerprint density at radius 3 is 2.52 bits per heavy atom. The average molecular weight is 560 g/mol. The summed E-state index contributed by atoms with van der Waals surface area (Å²) in [7, 11) is 1.11. The van der Waals surface area contributed by atoms with E-state index in [1.54, 1.807) is 0 Å². The molecule has 1 aromatic carbocycles. The Labute approximate surface area is 198 Å². The molecule has 2 N–H and O–H groups in total. The lowest BCUT2D eigenvalue weighted by atomic mass is 10.1. The fourth-order valence-corrected chi connectivity index (χ4v) is 2.44. The van der Waals surface area contributed by atoms with Gasteiger partial charge >= 0.3 is 6.18 Å². The second-order valence-electron chi connectivity index (χ2n) is 6.57. The number of nitrogens with zero attached hydrogens (tertiary/aromatic N) is 2. The molecule has 11 heteroatoms. The molecule has 0 aliphatic rings. The van der Waals surface area contributed by atoms with Crippen molar-refractivity contribution in [1.29, 1.82) is 0 Å². The van der Waals surface area contributed by atoms with Gasteiger partial charge in [0.1, 0.15) is 18.9 Å². The number of carbonyl (C=O) groups excluding carboxylic acids is 1. The summed E-state index contributed by atoms with van der Waals surface area (Å²) in [5, 5.41) is 5.74. The highest BCUT2D eigenvalue weighted by molar-refractivity contribution is 14.0. The van der Waals surface area contributed by atoms with Crippen LogP contribution < -0.4 is 15.4 Å². The molecule has 0 bridgehead atoms. The maximum atomic E-state index is 12.4. The van der Waals surface area contributed by atoms with Crippen LogP contribution in [0.3, 0.4) is 0 Å². The molecule has 178 valence electrons. The van der Waals surface area contributed by atoms with Crippen LogP contribution in [-0.2, 0) is 16.1 Å². The van der Waals surface area contributed by atoms with Crippen molar-refractivity contribution >= 4 is 35.8 Å². The highest BCUT2D eigenvalue weighted by Crippen LogP contribution is 2.21. The number of hydrogen-bond donors (Lipinski definition) is 2. The molecule has 0 aliphatic heterocycles. The zero-order chi connectivity index (χ0) is 22.6. The van der Waals surface area contributed by atoms with E-state index in [4.69, 9.17) is 9.47 Å². The van der Waals surface area contributed by atoms with Gasteiger partial charge in [0.25, 0.3) is 0 Å². The van der Waals surface area contributed by atoms with E-state index in [2.05, 4.69) is 15.6 Å². The van der Waals surface area contributed by atoms with Gasteiger partial charge in [-0.25, -0.2) is 4.99 Å². The molecule has 0 fully saturated rings. The molecule has 1 amide bonds. The van der Waals surface area contributed by atoms with E-state index in [1.165, 1.54) is 0 Å². The van der Waals surface area contributed by atoms with Gasteiger partial charge in [-0.05, 0) is 32.4 Å². The number of alkyl halides is 3. The molecule has 0 saturated heterocycles. The first kappa shape index (κ1) is 29.2. The van der Waals surface area contributed by atoms with Crippen LogP contribution in [0.4, 0.5) is 13.2 Å². The predicted octanol–water partition coefficient (Wildman–Crippen LogP) is 3.10. The van der Waals surface area contributed by atoms with Crippen molar-refractivity contribution in [1.82, 2.24) is 15.5 Å². The number of ether oxygens (including phenoxy) is 2. The molecule has 0 unspecified atom stereocenters. The summed E-state index contributed by atoms with van der Waals surface area (Å²) >= 11 is 0. The van der Waals surface area contributed by atoms with Gasteiger partial charge in [-0.3, -0.25) is 4.79 Å². The van der Waals surface area contributed by atoms with E-state index >= 15 is 0 Å². The predicted molar refractivity (Wildman–Crippen MR) is 125 cm³/mol. The quantitative estimate of drug-likeness (QED) is 0.188. The van der Waals surface area contributed by atoms with Crippen molar-refractivity contribution in [3.63, 3.8) is 0 Å². The molecular weight excluding hydrogens is 528 g/mol. The molecule has 0 heterocycles. The number of guanidine groups is 1. The zero-order valence-electron chi connectivity index (χ0n) is 18.3. The largest absolute Gasteiger partial charge is 0.491 e. The van der Waals surface area contributed by atoms with E-state index in [0.717, 1.165) is 18.2 Å². The van der Waals surface area contributed by atoms with E-state index in [0.29, 0.717) is 43.0 Å². The molecule has 7 nitrogen and oxygen atoms in total. The van der Waals surface area contributed by atoms with Crippen LogP contribution in [-0.4, -0.2) is 69.4 Å². The Bertz CT molecular complexity index is 703. The molecule has 0 saturated carbocycles. The van der Waals surface area contributed by atoms with E-state index in [1.807, 2.05) is 39.0 Å². The highest BCUT2D eigenvalue weighted by Gasteiger charge is 2.31. The number of aryl methyl sites for hydroxylation is 1. The van der Waals surface area contributed by atoms with Gasteiger partial charge in [-0.1, -0.05) is 12.1 Å². The van der Waals surface area contributed by atoms with Crippen LogP contribution in [0, 0.1) is 6.92 Å². The van der Waals surface area contributed by atoms with Gasteiger partial charge in [-0.2, -0.15) is 13.2 Å². The summed E-state index contributed by atoms with van der Waals surface area (Å²) in [6, 6.07) is 5.75. The number of likely N-dealkylation sites (N-methyl/N-ethyl adjacent to an activating group) is 1. The minimum atomic E-state index is -4.44. The van der Waals surface area contributed by atoms with Crippen LogP contribution in [0.15, 0.2) is 23.2 Å². The summed E-state index contributed by atoms with van der Waals surface area (Å²) in [5.41, 5.74) is 1.88. The smallest absolute Gasteiger partial charge is 0.406 e. The third kappa shape index (κ3) is 12.6. The first-order valence-corrected chi connectivity index (χ1v) is 9.79. The lowest BCUT2D eigenvalue weighted by Gasteiger charge is -2.20. The number of rotatable bonds is 11. The number of halogens is 4. The number of nitrogens with one attached hydrogen (secondary N) is 2. The number of aliphatic imine (C=N–C) groups is 1.